The summed E-state index contributed by atoms with van der Waals surface area (Å²) in [5.74, 6) is -1.49. The number of aromatic nitrogens is 2. The van der Waals surface area contributed by atoms with E-state index in [9.17, 15) is 14.4 Å². The Bertz CT molecular complexity index is 1000. The van der Waals surface area contributed by atoms with Crippen molar-refractivity contribution in [1.29, 1.82) is 0 Å². The number of carbonyl (C=O) groups excluding carboxylic acids is 2. The van der Waals surface area contributed by atoms with Crippen molar-refractivity contribution in [2.75, 3.05) is 5.73 Å². The summed E-state index contributed by atoms with van der Waals surface area (Å²) in [6.07, 6.45) is -1.94. The summed E-state index contributed by atoms with van der Waals surface area (Å²) in [5.41, 5.74) is 4.51. The number of Topliss-reactive ketones (excluding diaryl/α,β-unsaturated/α-hetero) is 2. The molecule has 108 valence electrons. The molecule has 0 amide bonds. The van der Waals surface area contributed by atoms with Gasteiger partial charge in [0.05, 0.1) is 26.1 Å². The highest BCUT2D eigenvalue weighted by atomic mass is 16.2. The first-order chi connectivity index (χ1) is 12.1. The van der Waals surface area contributed by atoms with Gasteiger partial charge in [0.2, 0.25) is 0 Å². The van der Waals surface area contributed by atoms with E-state index >= 15 is 0 Å². The van der Waals surface area contributed by atoms with Crippen molar-refractivity contribution in [3.63, 3.8) is 0 Å². The molecule has 1 aliphatic rings. The fourth-order valence-corrected chi connectivity index (χ4v) is 2.42. The maximum Gasteiger partial charge on any atom is 0.264 e. The summed E-state index contributed by atoms with van der Waals surface area (Å²) in [5, 5.41) is -0.260. The minimum atomic E-state index is -1.76. The van der Waals surface area contributed by atoms with Gasteiger partial charge in [-0.15, -0.1) is 0 Å². The van der Waals surface area contributed by atoms with Crippen LogP contribution in [0.25, 0.3) is 10.9 Å². The van der Waals surface area contributed by atoms with Crippen LogP contribution in [0.2, 0.25) is 0 Å². The number of carbonyl (C=O) groups is 2. The van der Waals surface area contributed by atoms with Crippen molar-refractivity contribution in [2.24, 2.45) is 0 Å². The Hall–Kier alpha value is -2.50. The minimum absolute atomic E-state index is 0.167. The molecule has 1 heterocycles. The number of nitrogens with zero attached hydrogens (tertiary/aromatic N) is 2. The number of rotatable bonds is 1. The molecule has 2 N–H and O–H groups in total. The fraction of sp³-hybridized carbons (Fsp3) is 0.333. The largest absolute Gasteiger partial charge is 0.398 e. The van der Waals surface area contributed by atoms with Gasteiger partial charge >= 0.3 is 0 Å². The van der Waals surface area contributed by atoms with Crippen molar-refractivity contribution in [2.45, 2.75) is 32.2 Å². The quantitative estimate of drug-likeness (QED) is 0.628. The van der Waals surface area contributed by atoms with Crippen LogP contribution in [0.1, 0.15) is 38.0 Å². The summed E-state index contributed by atoms with van der Waals surface area (Å²) >= 11 is 0. The third kappa shape index (κ3) is 2.12. The van der Waals surface area contributed by atoms with Gasteiger partial charge in [-0.2, -0.15) is 0 Å². The van der Waals surface area contributed by atoms with Gasteiger partial charge in [-0.05, 0) is 25.4 Å². The van der Waals surface area contributed by atoms with Crippen molar-refractivity contribution in [1.82, 2.24) is 9.55 Å². The number of benzene rings is 1. The Labute approximate surface area is 127 Å². The van der Waals surface area contributed by atoms with E-state index in [4.69, 9.17) is 12.6 Å². The summed E-state index contributed by atoms with van der Waals surface area (Å²) in [6.45, 7) is -1.76. The molecule has 2 aromatic rings. The molecule has 1 aliphatic carbocycles. The van der Waals surface area contributed by atoms with Crippen LogP contribution in [-0.2, 0) is 9.59 Å². The van der Waals surface area contributed by atoms with E-state index in [0.717, 1.165) is 10.6 Å². The second-order valence-electron chi connectivity index (χ2n) is 4.78. The number of hydrogen-bond acceptors (Lipinski definition) is 5. The first-order valence-electron chi connectivity index (χ1n) is 8.99. The van der Waals surface area contributed by atoms with Gasteiger partial charge in [-0.1, -0.05) is 6.07 Å². The van der Waals surface area contributed by atoms with Crippen molar-refractivity contribution in [3.8, 4) is 0 Å². The highest BCUT2D eigenvalue weighted by Crippen LogP contribution is 2.24. The molecule has 0 radical (unpaired) electrons. The molecule has 2 atom stereocenters. The zero-order valence-corrected chi connectivity index (χ0v) is 10.9. The van der Waals surface area contributed by atoms with Crippen LogP contribution < -0.4 is 11.3 Å². The predicted molar refractivity (Wildman–Crippen MR) is 78.1 cm³/mol. The van der Waals surface area contributed by atoms with E-state index in [1.807, 2.05) is 0 Å². The standard InChI is InChI=1S/C15H15N3O3/c1-8-17-11-4-2-3-10(16)14(11)15(21)18(8)12-6-5-9(19)7-13(12)20/h2-4,12H,5-7,16H2,1H3/i1D2,3D,4D,6D. The number of hydrogen-bond donors (Lipinski definition) is 1. The van der Waals surface area contributed by atoms with Gasteiger partial charge in [-0.3, -0.25) is 19.0 Å². The third-order valence-corrected chi connectivity index (χ3v) is 3.40. The van der Waals surface area contributed by atoms with Crippen LogP contribution >= 0.6 is 0 Å². The normalized spacial score (nSPS) is 26.2. The number of aryl methyl sites for hydroxylation is 1. The number of nitrogen functional groups attached to an aromatic ring is 1. The van der Waals surface area contributed by atoms with Gasteiger partial charge in [0.25, 0.3) is 5.56 Å². The van der Waals surface area contributed by atoms with Gasteiger partial charge in [0, 0.05) is 16.2 Å². The number of anilines is 1. The van der Waals surface area contributed by atoms with E-state index in [2.05, 4.69) is 4.98 Å². The summed E-state index contributed by atoms with van der Waals surface area (Å²) in [7, 11) is 0. The lowest BCUT2D eigenvalue weighted by Crippen LogP contribution is -2.36. The molecular weight excluding hydrogens is 270 g/mol. The SMILES string of the molecule is [2H]c1cc([2H])c2nc(C([2H])[2H])n(C3C(=O)CC(=O)CC3[2H])c(=O)c2c1N. The Morgan fingerprint density at radius 1 is 1.48 bits per heavy atom. The van der Waals surface area contributed by atoms with Gasteiger partial charge in [0.1, 0.15) is 11.6 Å². The smallest absolute Gasteiger partial charge is 0.264 e. The monoisotopic (exact) mass is 290 g/mol. The lowest BCUT2D eigenvalue weighted by Gasteiger charge is -2.24. The molecule has 0 saturated heterocycles. The average molecular weight is 290 g/mol. The van der Waals surface area contributed by atoms with Crippen molar-refractivity contribution >= 4 is 28.2 Å². The summed E-state index contributed by atoms with van der Waals surface area (Å²) < 4.78 is 39.8. The van der Waals surface area contributed by atoms with E-state index in [1.165, 1.54) is 0 Å². The topological polar surface area (TPSA) is 95.0 Å². The summed E-state index contributed by atoms with van der Waals surface area (Å²) in [4.78, 5) is 40.9. The molecule has 1 saturated carbocycles. The fourth-order valence-electron chi connectivity index (χ4n) is 2.42. The lowest BCUT2D eigenvalue weighted by molar-refractivity contribution is -0.132. The molecule has 2 unspecified atom stereocenters. The van der Waals surface area contributed by atoms with Crippen LogP contribution in [0.15, 0.2) is 22.9 Å². The molecule has 1 aromatic carbocycles. The molecule has 0 spiro atoms. The minimum Gasteiger partial charge on any atom is -0.398 e. The van der Waals surface area contributed by atoms with Crippen LogP contribution in [0.3, 0.4) is 0 Å². The van der Waals surface area contributed by atoms with Crippen LogP contribution in [0, 0.1) is 6.88 Å². The van der Waals surface area contributed by atoms with Gasteiger partial charge in [-0.25, -0.2) is 4.98 Å². The van der Waals surface area contributed by atoms with Crippen LogP contribution in [0.5, 0.6) is 0 Å². The highest BCUT2D eigenvalue weighted by molar-refractivity contribution is 6.03. The molecule has 0 bridgehead atoms. The Kier molecular flexibility index (Phi) is 1.99. The lowest BCUT2D eigenvalue weighted by atomic mass is 9.92. The molecule has 1 aromatic heterocycles. The van der Waals surface area contributed by atoms with E-state index in [1.54, 1.807) is 0 Å². The first kappa shape index (κ1) is 8.71. The maximum absolute atomic E-state index is 13.0. The second kappa shape index (κ2) is 4.80. The summed E-state index contributed by atoms with van der Waals surface area (Å²) in [6, 6.07) is -0.800. The van der Waals surface area contributed by atoms with Crippen molar-refractivity contribution in [3.05, 3.63) is 34.3 Å². The molecule has 1 fully saturated rings. The van der Waals surface area contributed by atoms with E-state index in [-0.39, 0.29) is 35.1 Å². The molecule has 6 heteroatoms. The zero-order valence-electron chi connectivity index (χ0n) is 15.9. The Morgan fingerprint density at radius 2 is 2.29 bits per heavy atom. The molecule has 0 aliphatic heterocycles. The molecule has 21 heavy (non-hydrogen) atoms. The van der Waals surface area contributed by atoms with Crippen molar-refractivity contribution < 1.29 is 16.4 Å². The highest BCUT2D eigenvalue weighted by Gasteiger charge is 2.30. The first-order valence-corrected chi connectivity index (χ1v) is 6.26. The Balaban J connectivity index is 2.41. The van der Waals surface area contributed by atoms with E-state index < -0.39 is 48.7 Å². The predicted octanol–water partition coefficient (Wildman–Crippen LogP) is 1.15. The number of fused-ring (bicyclic) bond motifs is 1. The van der Waals surface area contributed by atoms with Gasteiger partial charge < -0.3 is 5.73 Å². The maximum atomic E-state index is 13.0. The number of nitrogens with two attached hydrogens (primary N) is 1. The van der Waals surface area contributed by atoms with Crippen LogP contribution in [-0.4, -0.2) is 21.1 Å². The molecule has 3 rings (SSSR count). The number of ketones is 2. The zero-order chi connectivity index (χ0) is 19.3. The molecular formula is C15H15N3O3. The average Bonchev–Trinajstić information content (AvgIpc) is 2.52. The van der Waals surface area contributed by atoms with E-state index in [0.29, 0.717) is 0 Å². The van der Waals surface area contributed by atoms with Gasteiger partial charge in [0.15, 0.2) is 5.78 Å². The molecule has 6 nitrogen and oxygen atoms in total. The third-order valence-electron chi connectivity index (χ3n) is 3.40. The Morgan fingerprint density at radius 3 is 3.00 bits per heavy atom. The van der Waals surface area contributed by atoms with Crippen LogP contribution in [0.4, 0.5) is 5.69 Å². The second-order valence-corrected chi connectivity index (χ2v) is 4.78.